The molecule has 0 spiro atoms. The Hall–Kier alpha value is -2.87. The zero-order valence-electron chi connectivity index (χ0n) is 12.1. The summed E-state index contributed by atoms with van der Waals surface area (Å²) < 4.78 is 0. The molecule has 0 aromatic heterocycles. The first-order valence-corrected chi connectivity index (χ1v) is 7.03. The van der Waals surface area contributed by atoms with E-state index < -0.39 is 11.9 Å². The van der Waals surface area contributed by atoms with E-state index in [0.29, 0.717) is 0 Å². The zero-order chi connectivity index (χ0) is 15.9. The van der Waals surface area contributed by atoms with Crippen molar-refractivity contribution in [2.45, 2.75) is 25.3 Å². The lowest BCUT2D eigenvalue weighted by Gasteiger charge is -2.14. The first-order chi connectivity index (χ1) is 10.6. The lowest BCUT2D eigenvalue weighted by atomic mass is 10.0. The average Bonchev–Trinajstić information content (AvgIpc) is 2.51. The molecule has 1 atom stereocenters. The first kappa shape index (κ1) is 15.5. The minimum atomic E-state index is -0.799. The number of fused-ring (bicyclic) bond motifs is 1. The van der Waals surface area contributed by atoms with Crippen LogP contribution in [0.25, 0.3) is 10.8 Å². The summed E-state index contributed by atoms with van der Waals surface area (Å²) in [7, 11) is 0. The summed E-state index contributed by atoms with van der Waals surface area (Å²) in [5.74, 6) is -0.904. The molecule has 5 heteroatoms. The van der Waals surface area contributed by atoms with Gasteiger partial charge in [0.1, 0.15) is 6.04 Å². The molecule has 0 fully saturated rings. The van der Waals surface area contributed by atoms with Gasteiger partial charge in [0.15, 0.2) is 0 Å². The van der Waals surface area contributed by atoms with Crippen molar-refractivity contribution in [1.29, 1.82) is 5.26 Å². The molecule has 0 aliphatic carbocycles. The molecule has 0 aliphatic heterocycles. The number of nitriles is 1. The van der Waals surface area contributed by atoms with Crippen molar-refractivity contribution in [3.8, 4) is 6.07 Å². The molecule has 0 saturated carbocycles. The minimum Gasteiger partial charge on any atom is -0.368 e. The first-order valence-electron chi connectivity index (χ1n) is 7.03. The summed E-state index contributed by atoms with van der Waals surface area (Å²) in [5.41, 5.74) is 6.09. The fraction of sp³-hybridized carbons (Fsp3) is 0.235. The maximum Gasteiger partial charge on any atom is 0.240 e. The summed E-state index contributed by atoms with van der Waals surface area (Å²) in [6.07, 6.45) is 0.570. The van der Waals surface area contributed by atoms with Crippen molar-refractivity contribution in [3.63, 3.8) is 0 Å². The smallest absolute Gasteiger partial charge is 0.240 e. The molecule has 3 N–H and O–H groups in total. The van der Waals surface area contributed by atoms with Gasteiger partial charge in [-0.2, -0.15) is 5.26 Å². The van der Waals surface area contributed by atoms with E-state index in [4.69, 9.17) is 11.0 Å². The van der Waals surface area contributed by atoms with Crippen LogP contribution in [0.15, 0.2) is 42.5 Å². The predicted molar refractivity (Wildman–Crippen MR) is 83.6 cm³/mol. The van der Waals surface area contributed by atoms with Gasteiger partial charge in [-0.25, -0.2) is 0 Å². The fourth-order valence-electron chi connectivity index (χ4n) is 2.27. The Labute approximate surface area is 128 Å². The van der Waals surface area contributed by atoms with Gasteiger partial charge in [0.25, 0.3) is 0 Å². The number of hydrogen-bond acceptors (Lipinski definition) is 3. The van der Waals surface area contributed by atoms with Crippen LogP contribution in [0.1, 0.15) is 18.4 Å². The molecular formula is C17H17N3O2. The lowest BCUT2D eigenvalue weighted by molar-refractivity contribution is -0.127. The number of benzene rings is 2. The van der Waals surface area contributed by atoms with Crippen LogP contribution >= 0.6 is 0 Å². The number of hydrogen-bond donors (Lipinski definition) is 2. The molecule has 5 nitrogen and oxygen atoms in total. The fourth-order valence-corrected chi connectivity index (χ4v) is 2.27. The van der Waals surface area contributed by atoms with Crippen LogP contribution in [0.4, 0.5) is 0 Å². The SMILES string of the molecule is N#CCC[C@H](NC(=O)Cc1ccc2ccccc2c1)C(N)=O. The van der Waals surface area contributed by atoms with Crippen LogP contribution in [0.5, 0.6) is 0 Å². The van der Waals surface area contributed by atoms with Gasteiger partial charge in [-0.15, -0.1) is 0 Å². The number of rotatable bonds is 6. The number of amides is 2. The molecule has 112 valence electrons. The van der Waals surface area contributed by atoms with E-state index in [1.807, 2.05) is 48.5 Å². The summed E-state index contributed by atoms with van der Waals surface area (Å²) >= 11 is 0. The van der Waals surface area contributed by atoms with Gasteiger partial charge in [-0.05, 0) is 22.8 Å². The van der Waals surface area contributed by atoms with E-state index in [-0.39, 0.29) is 25.2 Å². The lowest BCUT2D eigenvalue weighted by Crippen LogP contribution is -2.44. The van der Waals surface area contributed by atoms with Crippen LogP contribution < -0.4 is 11.1 Å². The maximum absolute atomic E-state index is 12.0. The molecule has 0 unspecified atom stereocenters. The van der Waals surface area contributed by atoms with Crippen molar-refractivity contribution in [3.05, 3.63) is 48.0 Å². The highest BCUT2D eigenvalue weighted by Gasteiger charge is 2.17. The second kappa shape index (κ2) is 7.23. The molecule has 2 aromatic carbocycles. The largest absolute Gasteiger partial charge is 0.368 e. The van der Waals surface area contributed by atoms with Gasteiger partial charge in [0, 0.05) is 6.42 Å². The summed E-state index contributed by atoms with van der Waals surface area (Å²) in [4.78, 5) is 23.3. The Kier molecular flexibility index (Phi) is 5.10. The van der Waals surface area contributed by atoms with Crippen molar-refractivity contribution in [1.82, 2.24) is 5.32 Å². The van der Waals surface area contributed by atoms with Gasteiger partial charge in [0.2, 0.25) is 11.8 Å². The Bertz CT molecular complexity index is 734. The topological polar surface area (TPSA) is 96.0 Å². The average molecular weight is 295 g/mol. The highest BCUT2D eigenvalue weighted by molar-refractivity contribution is 5.88. The predicted octanol–water partition coefficient (Wildman–Crippen LogP) is 1.66. The molecule has 22 heavy (non-hydrogen) atoms. The van der Waals surface area contributed by atoms with E-state index in [1.54, 1.807) is 0 Å². The Morgan fingerprint density at radius 1 is 1.18 bits per heavy atom. The molecule has 0 heterocycles. The third kappa shape index (κ3) is 4.06. The second-order valence-electron chi connectivity index (χ2n) is 5.08. The molecule has 2 aromatic rings. The number of primary amides is 1. The van der Waals surface area contributed by atoms with Crippen molar-refractivity contribution in [2.75, 3.05) is 0 Å². The number of nitrogens with one attached hydrogen (secondary N) is 1. The summed E-state index contributed by atoms with van der Waals surface area (Å²) in [5, 5.41) is 13.3. The number of carbonyl (C=O) groups excluding carboxylic acids is 2. The molecule has 0 radical (unpaired) electrons. The third-order valence-corrected chi connectivity index (χ3v) is 3.40. The summed E-state index contributed by atoms with van der Waals surface area (Å²) in [6.45, 7) is 0. The Morgan fingerprint density at radius 2 is 1.91 bits per heavy atom. The van der Waals surface area contributed by atoms with Crippen molar-refractivity contribution < 1.29 is 9.59 Å². The van der Waals surface area contributed by atoms with E-state index in [0.717, 1.165) is 16.3 Å². The van der Waals surface area contributed by atoms with Crippen LogP contribution in [-0.4, -0.2) is 17.9 Å². The standard InChI is InChI=1S/C17H17N3O2/c18-9-3-6-15(17(19)22)20-16(21)11-12-7-8-13-4-1-2-5-14(13)10-12/h1-2,4-5,7-8,10,15H,3,6,11H2,(H2,19,22)(H,20,21)/t15-/m0/s1. The van der Waals surface area contributed by atoms with E-state index in [9.17, 15) is 9.59 Å². The molecule has 0 aliphatic rings. The van der Waals surface area contributed by atoms with Crippen molar-refractivity contribution in [2.24, 2.45) is 5.73 Å². The molecular weight excluding hydrogens is 278 g/mol. The number of carbonyl (C=O) groups is 2. The van der Waals surface area contributed by atoms with Gasteiger partial charge < -0.3 is 11.1 Å². The Balaban J connectivity index is 2.03. The van der Waals surface area contributed by atoms with Crippen molar-refractivity contribution >= 4 is 22.6 Å². The van der Waals surface area contributed by atoms with E-state index in [1.165, 1.54) is 0 Å². The summed E-state index contributed by atoms with van der Waals surface area (Å²) in [6, 6.07) is 14.8. The number of nitrogens with two attached hydrogens (primary N) is 1. The highest BCUT2D eigenvalue weighted by Crippen LogP contribution is 2.16. The van der Waals surface area contributed by atoms with Gasteiger partial charge in [-0.3, -0.25) is 9.59 Å². The van der Waals surface area contributed by atoms with Gasteiger partial charge in [-0.1, -0.05) is 42.5 Å². The quantitative estimate of drug-likeness (QED) is 0.848. The second-order valence-corrected chi connectivity index (χ2v) is 5.08. The van der Waals surface area contributed by atoms with E-state index in [2.05, 4.69) is 5.32 Å². The van der Waals surface area contributed by atoms with Crippen LogP contribution in [-0.2, 0) is 16.0 Å². The van der Waals surface area contributed by atoms with Crippen LogP contribution in [0.2, 0.25) is 0 Å². The molecule has 0 saturated heterocycles. The van der Waals surface area contributed by atoms with E-state index >= 15 is 0 Å². The van der Waals surface area contributed by atoms with Crippen LogP contribution in [0.3, 0.4) is 0 Å². The molecule has 0 bridgehead atoms. The molecule has 2 rings (SSSR count). The highest BCUT2D eigenvalue weighted by atomic mass is 16.2. The van der Waals surface area contributed by atoms with Crippen LogP contribution in [0, 0.1) is 11.3 Å². The Morgan fingerprint density at radius 3 is 2.59 bits per heavy atom. The maximum atomic E-state index is 12.0. The third-order valence-electron chi connectivity index (χ3n) is 3.40. The normalized spacial score (nSPS) is 11.6. The monoisotopic (exact) mass is 295 g/mol. The molecule has 2 amide bonds. The number of nitrogens with zero attached hydrogens (tertiary/aromatic N) is 1. The van der Waals surface area contributed by atoms with Gasteiger partial charge in [0.05, 0.1) is 12.5 Å². The minimum absolute atomic E-state index is 0.168. The van der Waals surface area contributed by atoms with Gasteiger partial charge >= 0.3 is 0 Å². The zero-order valence-corrected chi connectivity index (χ0v) is 12.1.